The lowest BCUT2D eigenvalue weighted by atomic mass is 10.1. The maximum absolute atomic E-state index is 12.9. The Morgan fingerprint density at radius 1 is 1.26 bits per heavy atom. The number of hydrogen-bond acceptors (Lipinski definition) is 3. The fourth-order valence-electron chi connectivity index (χ4n) is 1.84. The molecule has 2 rings (SSSR count). The summed E-state index contributed by atoms with van der Waals surface area (Å²) in [5.41, 5.74) is 0.697. The van der Waals surface area contributed by atoms with Crippen LogP contribution in [-0.2, 0) is 0 Å². The van der Waals surface area contributed by atoms with Crippen molar-refractivity contribution >= 4 is 48.5 Å². The molecular weight excluding hydrogens is 386 g/mol. The van der Waals surface area contributed by atoms with Gasteiger partial charge in [0.1, 0.15) is 11.4 Å². The van der Waals surface area contributed by atoms with Gasteiger partial charge in [0.05, 0.1) is 22.5 Å². The Hall–Kier alpha value is -0.950. The third-order valence-electron chi connectivity index (χ3n) is 2.66. The summed E-state index contributed by atoms with van der Waals surface area (Å²) < 4.78 is 32.4. The summed E-state index contributed by atoms with van der Waals surface area (Å²) in [4.78, 5) is 3.99. The summed E-state index contributed by atoms with van der Waals surface area (Å²) in [5, 5.41) is 3.55. The molecule has 0 radical (unpaired) electrons. The monoisotopic (exact) mass is 394 g/mol. The van der Waals surface area contributed by atoms with E-state index in [0.717, 1.165) is 4.47 Å². The maximum atomic E-state index is 12.9. The fraction of sp³-hybridized carbons (Fsp3) is 0.250. The van der Waals surface area contributed by atoms with Crippen LogP contribution in [0.2, 0.25) is 0 Å². The molecule has 1 aromatic carbocycles. The molecule has 19 heavy (non-hydrogen) atoms. The van der Waals surface area contributed by atoms with Crippen LogP contribution in [0.4, 0.5) is 14.5 Å². The first-order chi connectivity index (χ1) is 8.99. The number of nitrogens with zero attached hydrogens (tertiary/aromatic N) is 1. The smallest absolute Gasteiger partial charge is 0.280 e. The standard InChI is InChI=1S/C12H10Br2F2N2O/c1-17-7-4-8(12(15)16)18-10-5(13)3-6(14)11(19-2)9(7)10/h3-4,12H,1-2H3,(H,17,18). The van der Waals surface area contributed by atoms with Crippen molar-refractivity contribution < 1.29 is 13.5 Å². The van der Waals surface area contributed by atoms with Crippen LogP contribution in [0.1, 0.15) is 12.1 Å². The molecule has 1 aromatic heterocycles. The Labute approximate surface area is 125 Å². The molecule has 0 atom stereocenters. The number of pyridine rings is 1. The summed E-state index contributed by atoms with van der Waals surface area (Å²) in [5.74, 6) is 0.552. The van der Waals surface area contributed by atoms with Crippen molar-refractivity contribution in [3.63, 3.8) is 0 Å². The minimum Gasteiger partial charge on any atom is -0.495 e. The fourth-order valence-corrected chi connectivity index (χ4v) is 3.25. The zero-order chi connectivity index (χ0) is 14.2. The minimum atomic E-state index is -2.63. The SMILES string of the molecule is CNc1cc(C(F)F)nc2c(Br)cc(Br)c(OC)c12. The van der Waals surface area contributed by atoms with E-state index in [4.69, 9.17) is 4.74 Å². The highest BCUT2D eigenvalue weighted by Crippen LogP contribution is 2.42. The van der Waals surface area contributed by atoms with E-state index in [0.29, 0.717) is 26.8 Å². The molecule has 0 unspecified atom stereocenters. The highest BCUT2D eigenvalue weighted by Gasteiger charge is 2.19. The van der Waals surface area contributed by atoms with E-state index in [1.807, 2.05) is 0 Å². The van der Waals surface area contributed by atoms with Gasteiger partial charge in [0.25, 0.3) is 6.43 Å². The molecule has 0 aliphatic rings. The molecule has 102 valence electrons. The minimum absolute atomic E-state index is 0.276. The van der Waals surface area contributed by atoms with Gasteiger partial charge in [-0.15, -0.1) is 0 Å². The van der Waals surface area contributed by atoms with Crippen LogP contribution in [0.5, 0.6) is 5.75 Å². The quantitative estimate of drug-likeness (QED) is 0.814. The number of halogens is 4. The van der Waals surface area contributed by atoms with E-state index in [2.05, 4.69) is 42.2 Å². The van der Waals surface area contributed by atoms with Crippen LogP contribution in [0.15, 0.2) is 21.1 Å². The molecule has 0 aliphatic heterocycles. The Morgan fingerprint density at radius 3 is 2.47 bits per heavy atom. The molecule has 0 aliphatic carbocycles. The first kappa shape index (κ1) is 14.5. The second-order valence-electron chi connectivity index (χ2n) is 3.74. The molecule has 0 saturated heterocycles. The number of ether oxygens (including phenoxy) is 1. The molecule has 2 aromatic rings. The predicted octanol–water partition coefficient (Wildman–Crippen LogP) is 4.75. The summed E-state index contributed by atoms with van der Waals surface area (Å²) in [6.07, 6.45) is -2.63. The lowest BCUT2D eigenvalue weighted by Crippen LogP contribution is -2.00. The lowest BCUT2D eigenvalue weighted by molar-refractivity contribution is 0.146. The molecule has 0 amide bonds. The molecule has 1 heterocycles. The summed E-state index contributed by atoms with van der Waals surface area (Å²) >= 11 is 6.72. The Balaban J connectivity index is 2.92. The van der Waals surface area contributed by atoms with Crippen molar-refractivity contribution in [3.05, 3.63) is 26.8 Å². The first-order valence-electron chi connectivity index (χ1n) is 5.32. The number of methoxy groups -OCH3 is 1. The third-order valence-corrected chi connectivity index (χ3v) is 3.85. The number of fused-ring (bicyclic) bond motifs is 1. The molecule has 7 heteroatoms. The van der Waals surface area contributed by atoms with E-state index < -0.39 is 6.43 Å². The maximum Gasteiger partial charge on any atom is 0.280 e. The second-order valence-corrected chi connectivity index (χ2v) is 5.45. The molecule has 1 N–H and O–H groups in total. The van der Waals surface area contributed by atoms with Crippen molar-refractivity contribution in [1.29, 1.82) is 0 Å². The van der Waals surface area contributed by atoms with Gasteiger partial charge in [-0.05, 0) is 44.0 Å². The summed E-state index contributed by atoms with van der Waals surface area (Å²) in [7, 11) is 3.19. The number of hydrogen-bond donors (Lipinski definition) is 1. The molecule has 0 bridgehead atoms. The van der Waals surface area contributed by atoms with Crippen LogP contribution < -0.4 is 10.1 Å². The number of benzene rings is 1. The van der Waals surface area contributed by atoms with Gasteiger partial charge in [-0.1, -0.05) is 0 Å². The predicted molar refractivity (Wildman–Crippen MR) is 78.2 cm³/mol. The molecule has 0 fully saturated rings. The van der Waals surface area contributed by atoms with Gasteiger partial charge in [-0.2, -0.15) is 0 Å². The van der Waals surface area contributed by atoms with Crippen molar-refractivity contribution in [3.8, 4) is 5.75 Å². The van der Waals surface area contributed by atoms with Crippen LogP contribution in [0, 0.1) is 0 Å². The first-order valence-corrected chi connectivity index (χ1v) is 6.90. The van der Waals surface area contributed by atoms with Crippen LogP contribution in [-0.4, -0.2) is 19.1 Å². The van der Waals surface area contributed by atoms with Gasteiger partial charge in [0.2, 0.25) is 0 Å². The summed E-state index contributed by atoms with van der Waals surface area (Å²) in [6, 6.07) is 3.05. The van der Waals surface area contributed by atoms with Crippen molar-refractivity contribution in [1.82, 2.24) is 4.98 Å². The van der Waals surface area contributed by atoms with Crippen molar-refractivity contribution in [2.24, 2.45) is 0 Å². The number of aromatic nitrogens is 1. The Kier molecular flexibility index (Phi) is 4.25. The van der Waals surface area contributed by atoms with Gasteiger partial charge in [-0.25, -0.2) is 13.8 Å². The number of nitrogens with one attached hydrogen (secondary N) is 1. The van der Waals surface area contributed by atoms with Crippen LogP contribution >= 0.6 is 31.9 Å². The summed E-state index contributed by atoms with van der Waals surface area (Å²) in [6.45, 7) is 0. The zero-order valence-electron chi connectivity index (χ0n) is 10.1. The molecule has 0 spiro atoms. The van der Waals surface area contributed by atoms with Gasteiger partial charge >= 0.3 is 0 Å². The average Bonchev–Trinajstić information content (AvgIpc) is 2.38. The van der Waals surface area contributed by atoms with Gasteiger partial charge in [-0.3, -0.25) is 0 Å². The van der Waals surface area contributed by atoms with Crippen molar-refractivity contribution in [2.75, 3.05) is 19.5 Å². The van der Waals surface area contributed by atoms with Crippen LogP contribution in [0.3, 0.4) is 0 Å². The Morgan fingerprint density at radius 2 is 1.95 bits per heavy atom. The van der Waals surface area contributed by atoms with E-state index in [1.54, 1.807) is 13.1 Å². The highest BCUT2D eigenvalue weighted by atomic mass is 79.9. The van der Waals surface area contributed by atoms with E-state index >= 15 is 0 Å². The Bertz CT molecular complexity index is 635. The largest absolute Gasteiger partial charge is 0.495 e. The third kappa shape index (κ3) is 2.53. The van der Waals surface area contributed by atoms with E-state index in [9.17, 15) is 8.78 Å². The highest BCUT2D eigenvalue weighted by molar-refractivity contribution is 9.11. The second kappa shape index (κ2) is 5.58. The lowest BCUT2D eigenvalue weighted by Gasteiger charge is -2.14. The molecule has 0 saturated carbocycles. The normalized spacial score (nSPS) is 11.1. The van der Waals surface area contributed by atoms with Crippen LogP contribution in [0.25, 0.3) is 10.9 Å². The molecular formula is C12H10Br2F2N2O. The topological polar surface area (TPSA) is 34.2 Å². The van der Waals surface area contributed by atoms with Gasteiger partial charge in [0.15, 0.2) is 0 Å². The number of anilines is 1. The van der Waals surface area contributed by atoms with Gasteiger partial charge in [0, 0.05) is 17.2 Å². The van der Waals surface area contributed by atoms with Crippen molar-refractivity contribution in [2.45, 2.75) is 6.43 Å². The number of alkyl halides is 2. The van der Waals surface area contributed by atoms with Gasteiger partial charge < -0.3 is 10.1 Å². The van der Waals surface area contributed by atoms with E-state index in [-0.39, 0.29) is 5.69 Å². The zero-order valence-corrected chi connectivity index (χ0v) is 13.3. The number of rotatable bonds is 3. The van der Waals surface area contributed by atoms with E-state index in [1.165, 1.54) is 13.2 Å². The molecule has 3 nitrogen and oxygen atoms in total. The average molecular weight is 396 g/mol.